The van der Waals surface area contributed by atoms with E-state index in [-0.39, 0.29) is 24.3 Å². The monoisotopic (exact) mass is 276 g/mol. The predicted molar refractivity (Wildman–Crippen MR) is 75.7 cm³/mol. The first-order chi connectivity index (χ1) is 9.61. The Labute approximate surface area is 118 Å². The van der Waals surface area contributed by atoms with Gasteiger partial charge in [0.1, 0.15) is 5.75 Å². The second kappa shape index (κ2) is 6.52. The molecule has 108 valence electrons. The standard InChI is InChI=1S/C15H20N2O3/c1-2-20-12-7-5-11(6-8-12)14(18)10-17-9-3-4-13(17)15(16)19/h5-8,13H,2-4,9-10H2,1H3,(H2,16,19). The summed E-state index contributed by atoms with van der Waals surface area (Å²) in [5.41, 5.74) is 5.98. The van der Waals surface area contributed by atoms with E-state index in [0.717, 1.165) is 25.1 Å². The van der Waals surface area contributed by atoms with Crippen molar-refractivity contribution in [2.45, 2.75) is 25.8 Å². The molecule has 2 N–H and O–H groups in total. The fourth-order valence-electron chi connectivity index (χ4n) is 2.52. The van der Waals surface area contributed by atoms with E-state index in [1.807, 2.05) is 11.8 Å². The van der Waals surface area contributed by atoms with Crippen LogP contribution in [-0.2, 0) is 4.79 Å². The van der Waals surface area contributed by atoms with Crippen molar-refractivity contribution in [3.8, 4) is 5.75 Å². The van der Waals surface area contributed by atoms with E-state index in [9.17, 15) is 9.59 Å². The molecule has 1 fully saturated rings. The summed E-state index contributed by atoms with van der Waals surface area (Å²) >= 11 is 0. The highest BCUT2D eigenvalue weighted by atomic mass is 16.5. The number of rotatable bonds is 6. The van der Waals surface area contributed by atoms with Crippen molar-refractivity contribution < 1.29 is 14.3 Å². The molecule has 0 radical (unpaired) electrons. The van der Waals surface area contributed by atoms with E-state index in [1.165, 1.54) is 0 Å². The summed E-state index contributed by atoms with van der Waals surface area (Å²) in [6, 6.07) is 6.77. The van der Waals surface area contributed by atoms with E-state index in [4.69, 9.17) is 10.5 Å². The highest BCUT2D eigenvalue weighted by Crippen LogP contribution is 2.18. The van der Waals surface area contributed by atoms with Gasteiger partial charge in [0.2, 0.25) is 5.91 Å². The van der Waals surface area contributed by atoms with Gasteiger partial charge in [-0.2, -0.15) is 0 Å². The van der Waals surface area contributed by atoms with Crippen LogP contribution >= 0.6 is 0 Å². The van der Waals surface area contributed by atoms with E-state index < -0.39 is 0 Å². The van der Waals surface area contributed by atoms with Crippen LogP contribution in [0.5, 0.6) is 5.75 Å². The molecular formula is C15H20N2O3. The maximum Gasteiger partial charge on any atom is 0.234 e. The molecule has 1 heterocycles. The SMILES string of the molecule is CCOc1ccc(C(=O)CN2CCCC2C(N)=O)cc1. The number of nitrogens with zero attached hydrogens (tertiary/aromatic N) is 1. The fraction of sp³-hybridized carbons (Fsp3) is 0.467. The number of primary amides is 1. The molecule has 1 unspecified atom stereocenters. The van der Waals surface area contributed by atoms with Gasteiger partial charge in [-0.05, 0) is 50.6 Å². The number of amides is 1. The van der Waals surface area contributed by atoms with Gasteiger partial charge >= 0.3 is 0 Å². The van der Waals surface area contributed by atoms with Crippen molar-refractivity contribution in [1.29, 1.82) is 0 Å². The Morgan fingerprint density at radius 1 is 1.35 bits per heavy atom. The average Bonchev–Trinajstić information content (AvgIpc) is 2.88. The number of carbonyl (C=O) groups excluding carboxylic acids is 2. The smallest absolute Gasteiger partial charge is 0.234 e. The number of ether oxygens (including phenoxy) is 1. The molecule has 20 heavy (non-hydrogen) atoms. The number of nitrogens with two attached hydrogens (primary N) is 1. The second-order valence-corrected chi connectivity index (χ2v) is 4.91. The van der Waals surface area contributed by atoms with Crippen molar-refractivity contribution in [1.82, 2.24) is 4.90 Å². The average molecular weight is 276 g/mol. The van der Waals surface area contributed by atoms with Gasteiger partial charge < -0.3 is 10.5 Å². The summed E-state index contributed by atoms with van der Waals surface area (Å²) < 4.78 is 5.34. The zero-order chi connectivity index (χ0) is 14.5. The molecule has 0 aliphatic carbocycles. The molecule has 1 aliphatic heterocycles. The topological polar surface area (TPSA) is 72.6 Å². The number of hydrogen-bond donors (Lipinski definition) is 1. The van der Waals surface area contributed by atoms with E-state index in [2.05, 4.69) is 0 Å². The van der Waals surface area contributed by atoms with Crippen molar-refractivity contribution in [2.24, 2.45) is 5.73 Å². The molecule has 1 aromatic carbocycles. The lowest BCUT2D eigenvalue weighted by atomic mass is 10.1. The lowest BCUT2D eigenvalue weighted by Gasteiger charge is -2.20. The minimum atomic E-state index is -0.345. The Morgan fingerprint density at radius 3 is 2.65 bits per heavy atom. The summed E-state index contributed by atoms with van der Waals surface area (Å²) in [6.07, 6.45) is 1.65. The number of hydrogen-bond acceptors (Lipinski definition) is 4. The van der Waals surface area contributed by atoms with Gasteiger partial charge in [-0.15, -0.1) is 0 Å². The van der Waals surface area contributed by atoms with Crippen LogP contribution in [0.2, 0.25) is 0 Å². The van der Waals surface area contributed by atoms with Gasteiger partial charge in [0.15, 0.2) is 5.78 Å². The number of likely N-dealkylation sites (tertiary alicyclic amines) is 1. The Balaban J connectivity index is 1.99. The quantitative estimate of drug-likeness (QED) is 0.793. The van der Waals surface area contributed by atoms with Crippen LogP contribution in [0.4, 0.5) is 0 Å². The van der Waals surface area contributed by atoms with Crippen molar-refractivity contribution in [3.63, 3.8) is 0 Å². The third-order valence-corrected chi connectivity index (χ3v) is 3.53. The van der Waals surface area contributed by atoms with Crippen molar-refractivity contribution in [3.05, 3.63) is 29.8 Å². The molecule has 5 heteroatoms. The molecule has 2 rings (SSSR count). The lowest BCUT2D eigenvalue weighted by molar-refractivity contribution is -0.122. The zero-order valence-electron chi connectivity index (χ0n) is 11.7. The molecule has 0 aromatic heterocycles. The molecular weight excluding hydrogens is 256 g/mol. The van der Waals surface area contributed by atoms with Crippen LogP contribution in [0.15, 0.2) is 24.3 Å². The molecule has 0 spiro atoms. The molecule has 0 bridgehead atoms. The van der Waals surface area contributed by atoms with Crippen LogP contribution in [0.3, 0.4) is 0 Å². The summed E-state index contributed by atoms with van der Waals surface area (Å²) in [6.45, 7) is 3.50. The van der Waals surface area contributed by atoms with Crippen LogP contribution in [0, 0.1) is 0 Å². The first kappa shape index (κ1) is 14.5. The first-order valence-corrected chi connectivity index (χ1v) is 6.91. The summed E-state index contributed by atoms with van der Waals surface area (Å²) in [7, 11) is 0. The number of Topliss-reactive ketones (excluding diaryl/α,β-unsaturated/α-hetero) is 1. The highest BCUT2D eigenvalue weighted by Gasteiger charge is 2.30. The fourth-order valence-corrected chi connectivity index (χ4v) is 2.52. The molecule has 1 aliphatic rings. The Kier molecular flexibility index (Phi) is 4.74. The van der Waals surface area contributed by atoms with E-state index in [1.54, 1.807) is 24.3 Å². The van der Waals surface area contributed by atoms with Gasteiger partial charge in [0, 0.05) is 5.56 Å². The Hall–Kier alpha value is -1.88. The van der Waals surface area contributed by atoms with Crippen LogP contribution < -0.4 is 10.5 Å². The highest BCUT2D eigenvalue weighted by molar-refractivity contribution is 5.98. The van der Waals surface area contributed by atoms with Gasteiger partial charge in [0.25, 0.3) is 0 Å². The maximum absolute atomic E-state index is 12.2. The summed E-state index contributed by atoms with van der Waals surface area (Å²) in [4.78, 5) is 25.4. The van der Waals surface area contributed by atoms with Crippen LogP contribution in [-0.4, -0.2) is 42.3 Å². The van der Waals surface area contributed by atoms with E-state index >= 15 is 0 Å². The number of ketones is 1. The zero-order valence-corrected chi connectivity index (χ0v) is 11.7. The van der Waals surface area contributed by atoms with Crippen LogP contribution in [0.1, 0.15) is 30.1 Å². The molecule has 1 amide bonds. The molecule has 1 saturated heterocycles. The minimum absolute atomic E-state index is 0.00111. The van der Waals surface area contributed by atoms with E-state index in [0.29, 0.717) is 12.2 Å². The van der Waals surface area contributed by atoms with Crippen molar-refractivity contribution in [2.75, 3.05) is 19.7 Å². The summed E-state index contributed by atoms with van der Waals surface area (Å²) in [5, 5.41) is 0. The maximum atomic E-state index is 12.2. The normalized spacial score (nSPS) is 18.9. The van der Waals surface area contributed by atoms with Crippen molar-refractivity contribution >= 4 is 11.7 Å². The van der Waals surface area contributed by atoms with Gasteiger partial charge in [-0.1, -0.05) is 0 Å². The third-order valence-electron chi connectivity index (χ3n) is 3.53. The third kappa shape index (κ3) is 3.36. The second-order valence-electron chi connectivity index (χ2n) is 4.91. The Bertz CT molecular complexity index is 484. The minimum Gasteiger partial charge on any atom is -0.494 e. The Morgan fingerprint density at radius 2 is 2.05 bits per heavy atom. The van der Waals surface area contributed by atoms with Gasteiger partial charge in [-0.3, -0.25) is 14.5 Å². The number of benzene rings is 1. The van der Waals surface area contributed by atoms with Crippen LogP contribution in [0.25, 0.3) is 0 Å². The van der Waals surface area contributed by atoms with Gasteiger partial charge in [0.05, 0.1) is 19.2 Å². The number of carbonyl (C=O) groups is 2. The molecule has 0 saturated carbocycles. The molecule has 5 nitrogen and oxygen atoms in total. The first-order valence-electron chi connectivity index (χ1n) is 6.91. The largest absolute Gasteiger partial charge is 0.494 e. The lowest BCUT2D eigenvalue weighted by Crippen LogP contribution is -2.42. The molecule has 1 aromatic rings. The molecule has 1 atom stereocenters. The van der Waals surface area contributed by atoms with Gasteiger partial charge in [-0.25, -0.2) is 0 Å². The predicted octanol–water partition coefficient (Wildman–Crippen LogP) is 1.22. The summed E-state index contributed by atoms with van der Waals surface area (Å²) in [5.74, 6) is 0.406.